The number of fused-ring (bicyclic) bond motifs is 4. The SMILES string of the molecule is O=C(O)/C=C/C(=O)O.O=C(Oc1ccc(N=Nc2ccccc2)cc1)N1CCN2CCC1CC2. The van der Waals surface area contributed by atoms with Gasteiger partial charge in [0.2, 0.25) is 0 Å². The molecule has 0 aromatic heterocycles. The maximum absolute atomic E-state index is 12.5. The van der Waals surface area contributed by atoms with Crippen molar-refractivity contribution in [3.05, 3.63) is 66.7 Å². The lowest BCUT2D eigenvalue weighted by Crippen LogP contribution is -2.43. The molecule has 0 atom stereocenters. The summed E-state index contributed by atoms with van der Waals surface area (Å²) in [4.78, 5) is 36.0. The molecule has 5 rings (SSSR count). The van der Waals surface area contributed by atoms with Crippen molar-refractivity contribution in [3.63, 3.8) is 0 Å². The Labute approximate surface area is 196 Å². The average Bonchev–Trinajstić information content (AvgIpc) is 3.18. The van der Waals surface area contributed by atoms with E-state index in [1.54, 1.807) is 24.3 Å². The van der Waals surface area contributed by atoms with Crippen LogP contribution in [0.1, 0.15) is 12.8 Å². The van der Waals surface area contributed by atoms with Crippen LogP contribution in [0.25, 0.3) is 0 Å². The number of amides is 1. The Bertz CT molecular complexity index is 1020. The van der Waals surface area contributed by atoms with Crippen LogP contribution in [0.4, 0.5) is 16.2 Å². The lowest BCUT2D eigenvalue weighted by molar-refractivity contribution is -0.134. The normalized spacial score (nSPS) is 19.4. The lowest BCUT2D eigenvalue weighted by Gasteiger charge is -2.30. The Morgan fingerprint density at radius 2 is 1.35 bits per heavy atom. The van der Waals surface area contributed by atoms with Gasteiger partial charge in [-0.1, -0.05) is 18.2 Å². The van der Waals surface area contributed by atoms with Crippen molar-refractivity contribution in [1.29, 1.82) is 0 Å². The first-order valence-electron chi connectivity index (χ1n) is 10.8. The van der Waals surface area contributed by atoms with Gasteiger partial charge in [0, 0.05) is 44.4 Å². The van der Waals surface area contributed by atoms with Crippen molar-refractivity contribution in [3.8, 4) is 5.75 Å². The van der Waals surface area contributed by atoms with E-state index in [9.17, 15) is 14.4 Å². The van der Waals surface area contributed by atoms with Crippen LogP contribution in [-0.2, 0) is 9.59 Å². The summed E-state index contributed by atoms with van der Waals surface area (Å²) < 4.78 is 5.57. The van der Waals surface area contributed by atoms with Gasteiger partial charge in [0.05, 0.1) is 11.4 Å². The number of carboxylic acids is 2. The molecule has 3 fully saturated rings. The molecule has 10 nitrogen and oxygen atoms in total. The molecule has 0 unspecified atom stereocenters. The van der Waals surface area contributed by atoms with E-state index in [2.05, 4.69) is 15.1 Å². The molecule has 0 radical (unpaired) electrons. The number of carboxylic acid groups (broad SMARTS) is 2. The monoisotopic (exact) mass is 466 g/mol. The number of nitrogens with zero attached hydrogens (tertiary/aromatic N) is 4. The molecular formula is C24H26N4O6. The number of carbonyl (C=O) groups is 3. The second-order valence-electron chi connectivity index (χ2n) is 7.67. The van der Waals surface area contributed by atoms with Crippen LogP contribution >= 0.6 is 0 Å². The van der Waals surface area contributed by atoms with Gasteiger partial charge in [0.15, 0.2) is 0 Å². The third kappa shape index (κ3) is 7.82. The number of hydrogen-bond donors (Lipinski definition) is 2. The maximum Gasteiger partial charge on any atom is 0.415 e. The highest BCUT2D eigenvalue weighted by Crippen LogP contribution is 2.24. The van der Waals surface area contributed by atoms with Crippen LogP contribution in [0.15, 0.2) is 77.0 Å². The zero-order chi connectivity index (χ0) is 24.3. The average molecular weight is 466 g/mol. The van der Waals surface area contributed by atoms with Crippen molar-refractivity contribution in [2.24, 2.45) is 10.2 Å². The Hall–Kier alpha value is -4.05. The van der Waals surface area contributed by atoms with Crippen molar-refractivity contribution < 1.29 is 29.3 Å². The molecule has 2 N–H and O–H groups in total. The minimum atomic E-state index is -1.26. The smallest absolute Gasteiger partial charge is 0.415 e. The molecule has 0 saturated carbocycles. The summed E-state index contributed by atoms with van der Waals surface area (Å²) in [6.07, 6.45) is 2.93. The number of rotatable bonds is 5. The molecule has 2 bridgehead atoms. The van der Waals surface area contributed by atoms with Gasteiger partial charge in [-0.25, -0.2) is 14.4 Å². The predicted octanol–water partition coefficient (Wildman–Crippen LogP) is 4.09. The quantitative estimate of drug-likeness (QED) is 0.501. The zero-order valence-corrected chi connectivity index (χ0v) is 18.5. The molecular weight excluding hydrogens is 440 g/mol. The summed E-state index contributed by atoms with van der Waals surface area (Å²) in [7, 11) is 0. The summed E-state index contributed by atoms with van der Waals surface area (Å²) in [5, 5.41) is 24.0. The topological polar surface area (TPSA) is 132 Å². The second-order valence-corrected chi connectivity index (χ2v) is 7.67. The molecule has 1 amide bonds. The molecule has 34 heavy (non-hydrogen) atoms. The van der Waals surface area contributed by atoms with Gasteiger partial charge in [-0.3, -0.25) is 0 Å². The highest BCUT2D eigenvalue weighted by atomic mass is 16.6. The van der Waals surface area contributed by atoms with E-state index in [0.29, 0.717) is 23.9 Å². The third-order valence-corrected chi connectivity index (χ3v) is 5.34. The molecule has 3 saturated heterocycles. The fraction of sp³-hybridized carbons (Fsp3) is 0.292. The van der Waals surface area contributed by atoms with Gasteiger partial charge in [-0.15, -0.1) is 0 Å². The Kier molecular flexibility index (Phi) is 8.87. The number of benzene rings is 2. The summed E-state index contributed by atoms with van der Waals surface area (Å²) in [6.45, 7) is 3.84. The van der Waals surface area contributed by atoms with Crippen LogP contribution in [0.5, 0.6) is 5.75 Å². The molecule has 3 aliphatic rings. The van der Waals surface area contributed by atoms with Crippen LogP contribution < -0.4 is 4.74 Å². The summed E-state index contributed by atoms with van der Waals surface area (Å²) >= 11 is 0. The maximum atomic E-state index is 12.5. The third-order valence-electron chi connectivity index (χ3n) is 5.34. The van der Waals surface area contributed by atoms with E-state index in [-0.39, 0.29) is 6.09 Å². The fourth-order valence-corrected chi connectivity index (χ4v) is 3.62. The Morgan fingerprint density at radius 3 is 1.91 bits per heavy atom. The van der Waals surface area contributed by atoms with Crippen LogP contribution in [-0.4, -0.2) is 70.3 Å². The van der Waals surface area contributed by atoms with E-state index in [4.69, 9.17) is 14.9 Å². The first-order chi connectivity index (χ1) is 16.4. The zero-order valence-electron chi connectivity index (χ0n) is 18.5. The molecule has 0 spiro atoms. The summed E-state index contributed by atoms with van der Waals surface area (Å²) in [5.74, 6) is -1.98. The van der Waals surface area contributed by atoms with E-state index in [1.165, 1.54) is 0 Å². The van der Waals surface area contributed by atoms with E-state index >= 15 is 0 Å². The van der Waals surface area contributed by atoms with Crippen LogP contribution in [0.2, 0.25) is 0 Å². The second kappa shape index (κ2) is 12.3. The van der Waals surface area contributed by atoms with Gasteiger partial charge in [0.25, 0.3) is 0 Å². The first-order valence-corrected chi connectivity index (χ1v) is 10.8. The largest absolute Gasteiger partial charge is 0.478 e. The van der Waals surface area contributed by atoms with E-state index in [0.717, 1.165) is 50.4 Å². The lowest BCUT2D eigenvalue weighted by atomic mass is 10.1. The van der Waals surface area contributed by atoms with Gasteiger partial charge < -0.3 is 24.7 Å². The molecule has 0 aliphatic carbocycles. The summed E-state index contributed by atoms with van der Waals surface area (Å²) in [5.41, 5.74) is 1.52. The van der Waals surface area contributed by atoms with Crippen LogP contribution in [0.3, 0.4) is 0 Å². The molecule has 178 valence electrons. The minimum absolute atomic E-state index is 0.252. The van der Waals surface area contributed by atoms with Crippen molar-refractivity contribution >= 4 is 29.4 Å². The van der Waals surface area contributed by atoms with Gasteiger partial charge >= 0.3 is 18.0 Å². The molecule has 3 aliphatic heterocycles. The number of ether oxygens (including phenoxy) is 1. The number of piperidine rings is 1. The van der Waals surface area contributed by atoms with Gasteiger partial charge in [-0.05, 0) is 49.2 Å². The molecule has 3 heterocycles. The molecule has 2 aromatic rings. The van der Waals surface area contributed by atoms with Crippen LogP contribution in [0, 0.1) is 0 Å². The highest BCUT2D eigenvalue weighted by Gasteiger charge is 2.32. The van der Waals surface area contributed by atoms with E-state index in [1.807, 2.05) is 35.2 Å². The van der Waals surface area contributed by atoms with Crippen molar-refractivity contribution in [1.82, 2.24) is 9.80 Å². The van der Waals surface area contributed by atoms with Crippen molar-refractivity contribution in [2.45, 2.75) is 18.9 Å². The number of aliphatic carboxylic acids is 2. The fourth-order valence-electron chi connectivity index (χ4n) is 3.62. The first kappa shape index (κ1) is 24.6. The number of carbonyl (C=O) groups excluding carboxylic acids is 1. The van der Waals surface area contributed by atoms with Crippen molar-refractivity contribution in [2.75, 3.05) is 26.2 Å². The number of azo groups is 1. The Morgan fingerprint density at radius 1 is 0.794 bits per heavy atom. The standard InChI is InChI=1S/C20H22N4O2.C4H4O4/c25-20(24-15-14-23-12-10-18(24)11-13-23)26-19-8-6-17(7-9-19)22-21-16-4-2-1-3-5-16;5-3(6)1-2-4(7)8/h1-9,18H,10-15H2;1-2H,(H,5,6)(H,7,8)/b;2-1+. The molecule has 2 aromatic carbocycles. The number of hydrogen-bond acceptors (Lipinski definition) is 7. The van der Waals surface area contributed by atoms with Gasteiger partial charge in [0.1, 0.15) is 5.75 Å². The van der Waals surface area contributed by atoms with Gasteiger partial charge in [-0.2, -0.15) is 10.2 Å². The highest BCUT2D eigenvalue weighted by molar-refractivity contribution is 5.89. The molecule has 10 heteroatoms. The Balaban J connectivity index is 0.000000350. The van der Waals surface area contributed by atoms with E-state index < -0.39 is 11.9 Å². The summed E-state index contributed by atoms with van der Waals surface area (Å²) in [6, 6.07) is 17.0. The minimum Gasteiger partial charge on any atom is -0.478 e. The predicted molar refractivity (Wildman–Crippen MR) is 124 cm³/mol.